The Labute approximate surface area is 86.3 Å². The maximum Gasteiger partial charge on any atom is 0.305 e. The van der Waals surface area contributed by atoms with Crippen LogP contribution in [-0.2, 0) is 11.3 Å². The number of rotatable bonds is 3. The number of aryl methyl sites for hydroxylation is 2. The highest BCUT2D eigenvalue weighted by Gasteiger charge is 2.04. The molecule has 0 aliphatic heterocycles. The number of nitrogens with zero attached hydrogens (tertiary/aromatic N) is 3. The lowest BCUT2D eigenvalue weighted by atomic mass is 10.2. The lowest BCUT2D eigenvalue weighted by Crippen LogP contribution is -2.07. The first-order chi connectivity index (χ1) is 7.15. The molecule has 0 fully saturated rings. The molecule has 2 rings (SSSR count). The van der Waals surface area contributed by atoms with Gasteiger partial charge >= 0.3 is 5.97 Å². The van der Waals surface area contributed by atoms with Crippen molar-refractivity contribution in [1.29, 1.82) is 0 Å². The first kappa shape index (κ1) is 9.64. The molecule has 0 unspecified atom stereocenters. The fourth-order valence-electron chi connectivity index (χ4n) is 1.36. The third-order valence-electron chi connectivity index (χ3n) is 2.10. The maximum atomic E-state index is 10.4. The van der Waals surface area contributed by atoms with Gasteiger partial charge in [-0.25, -0.2) is 0 Å². The van der Waals surface area contributed by atoms with E-state index in [-0.39, 0.29) is 6.42 Å². The zero-order chi connectivity index (χ0) is 10.8. The monoisotopic (exact) mass is 205 g/mol. The lowest BCUT2D eigenvalue weighted by Gasteiger charge is -1.93. The van der Waals surface area contributed by atoms with Gasteiger partial charge in [0.05, 0.1) is 13.0 Å². The minimum Gasteiger partial charge on any atom is -0.481 e. The van der Waals surface area contributed by atoms with Crippen molar-refractivity contribution in [3.05, 3.63) is 23.8 Å². The predicted molar refractivity (Wildman–Crippen MR) is 54.5 cm³/mol. The minimum absolute atomic E-state index is 0.0416. The number of hydrogen-bond acceptors (Lipinski definition) is 3. The zero-order valence-electron chi connectivity index (χ0n) is 8.34. The Morgan fingerprint density at radius 2 is 2.13 bits per heavy atom. The summed E-state index contributed by atoms with van der Waals surface area (Å²) in [6.45, 7) is 2.29. The van der Waals surface area contributed by atoms with Crippen LogP contribution in [0.5, 0.6) is 0 Å². The summed E-state index contributed by atoms with van der Waals surface area (Å²) in [6.07, 6.45) is 0.0416. The molecule has 5 heteroatoms. The van der Waals surface area contributed by atoms with Gasteiger partial charge in [0.1, 0.15) is 11.0 Å². The van der Waals surface area contributed by atoms with Gasteiger partial charge in [0.25, 0.3) is 0 Å². The first-order valence-corrected chi connectivity index (χ1v) is 4.68. The van der Waals surface area contributed by atoms with E-state index in [0.29, 0.717) is 6.54 Å². The van der Waals surface area contributed by atoms with Gasteiger partial charge in [-0.15, -0.1) is 0 Å². The summed E-state index contributed by atoms with van der Waals surface area (Å²) >= 11 is 0. The van der Waals surface area contributed by atoms with Crippen LogP contribution >= 0.6 is 0 Å². The molecular weight excluding hydrogens is 194 g/mol. The molecule has 78 valence electrons. The average Bonchev–Trinajstić information content (AvgIpc) is 2.56. The van der Waals surface area contributed by atoms with Crippen molar-refractivity contribution in [2.45, 2.75) is 19.9 Å². The van der Waals surface area contributed by atoms with Crippen LogP contribution in [0, 0.1) is 6.92 Å². The van der Waals surface area contributed by atoms with Gasteiger partial charge in [0.2, 0.25) is 0 Å². The van der Waals surface area contributed by atoms with Crippen molar-refractivity contribution in [3.8, 4) is 0 Å². The van der Waals surface area contributed by atoms with Gasteiger partial charge in [-0.05, 0) is 24.6 Å². The number of benzene rings is 1. The summed E-state index contributed by atoms with van der Waals surface area (Å²) < 4.78 is 0. The Morgan fingerprint density at radius 1 is 1.40 bits per heavy atom. The predicted octanol–water partition coefficient (Wildman–Crippen LogP) is 1.21. The van der Waals surface area contributed by atoms with Gasteiger partial charge in [0, 0.05) is 0 Å². The molecule has 1 aromatic carbocycles. The Balaban J connectivity index is 2.27. The van der Waals surface area contributed by atoms with Crippen molar-refractivity contribution in [2.24, 2.45) is 0 Å². The van der Waals surface area contributed by atoms with Gasteiger partial charge in [-0.3, -0.25) is 4.79 Å². The lowest BCUT2D eigenvalue weighted by molar-refractivity contribution is -0.137. The second-order valence-corrected chi connectivity index (χ2v) is 3.43. The minimum atomic E-state index is -0.840. The Hall–Kier alpha value is -1.91. The smallest absolute Gasteiger partial charge is 0.305 e. The number of aromatic nitrogens is 3. The summed E-state index contributed by atoms with van der Waals surface area (Å²) in [5.74, 6) is -0.840. The quantitative estimate of drug-likeness (QED) is 0.817. The molecule has 0 aliphatic carbocycles. The Bertz CT molecular complexity index is 504. The third kappa shape index (κ3) is 2.12. The number of carboxylic acid groups (broad SMARTS) is 1. The van der Waals surface area contributed by atoms with Crippen LogP contribution in [0.4, 0.5) is 0 Å². The van der Waals surface area contributed by atoms with Crippen LogP contribution < -0.4 is 0 Å². The van der Waals surface area contributed by atoms with Crippen molar-refractivity contribution in [3.63, 3.8) is 0 Å². The molecule has 0 bridgehead atoms. The molecule has 15 heavy (non-hydrogen) atoms. The van der Waals surface area contributed by atoms with Gasteiger partial charge < -0.3 is 5.11 Å². The second kappa shape index (κ2) is 3.68. The van der Waals surface area contributed by atoms with Crippen LogP contribution in [-0.4, -0.2) is 26.1 Å². The first-order valence-electron chi connectivity index (χ1n) is 4.68. The molecule has 0 saturated carbocycles. The SMILES string of the molecule is Cc1ccc2nn(CCC(=O)O)nc2c1. The Kier molecular flexibility index (Phi) is 2.37. The van der Waals surface area contributed by atoms with Gasteiger partial charge in [0.15, 0.2) is 0 Å². The molecule has 0 aliphatic rings. The summed E-state index contributed by atoms with van der Waals surface area (Å²) in [5, 5.41) is 16.9. The molecule has 0 amide bonds. The van der Waals surface area contributed by atoms with Gasteiger partial charge in [-0.2, -0.15) is 15.0 Å². The topological polar surface area (TPSA) is 68.0 Å². The van der Waals surface area contributed by atoms with E-state index in [1.165, 1.54) is 4.80 Å². The standard InChI is InChI=1S/C10H11N3O2/c1-7-2-3-8-9(6-7)12-13(11-8)5-4-10(14)15/h2-3,6H,4-5H2,1H3,(H,14,15). The van der Waals surface area contributed by atoms with E-state index in [4.69, 9.17) is 5.11 Å². The van der Waals surface area contributed by atoms with Crippen molar-refractivity contribution in [1.82, 2.24) is 15.0 Å². The maximum absolute atomic E-state index is 10.4. The number of aliphatic carboxylic acids is 1. The largest absolute Gasteiger partial charge is 0.481 e. The van der Waals surface area contributed by atoms with Crippen LogP contribution in [0.25, 0.3) is 11.0 Å². The Morgan fingerprint density at radius 3 is 2.87 bits per heavy atom. The molecule has 1 heterocycles. The molecule has 1 N–H and O–H groups in total. The van der Waals surface area contributed by atoms with Crippen molar-refractivity contribution >= 4 is 17.0 Å². The molecule has 2 aromatic rings. The fraction of sp³-hybridized carbons (Fsp3) is 0.300. The van der Waals surface area contributed by atoms with Crippen molar-refractivity contribution in [2.75, 3.05) is 0 Å². The van der Waals surface area contributed by atoms with E-state index in [0.717, 1.165) is 16.6 Å². The zero-order valence-corrected chi connectivity index (χ0v) is 8.34. The van der Waals surface area contributed by atoms with Crippen LogP contribution in [0.1, 0.15) is 12.0 Å². The van der Waals surface area contributed by atoms with E-state index < -0.39 is 5.97 Å². The van der Waals surface area contributed by atoms with E-state index in [1.807, 2.05) is 25.1 Å². The summed E-state index contributed by atoms with van der Waals surface area (Å²) in [5.41, 5.74) is 2.72. The normalized spacial score (nSPS) is 10.7. The van der Waals surface area contributed by atoms with Crippen molar-refractivity contribution < 1.29 is 9.90 Å². The average molecular weight is 205 g/mol. The highest BCUT2D eigenvalue weighted by molar-refractivity contribution is 5.74. The molecule has 1 aromatic heterocycles. The summed E-state index contributed by atoms with van der Waals surface area (Å²) in [7, 11) is 0. The van der Waals surface area contributed by atoms with Gasteiger partial charge in [-0.1, -0.05) is 6.07 Å². The molecule has 0 atom stereocenters. The van der Waals surface area contributed by atoms with Crippen LogP contribution in [0.3, 0.4) is 0 Å². The number of fused-ring (bicyclic) bond motifs is 1. The molecule has 5 nitrogen and oxygen atoms in total. The fourth-order valence-corrected chi connectivity index (χ4v) is 1.36. The number of carboxylic acids is 1. The van der Waals surface area contributed by atoms with Crippen LogP contribution in [0.15, 0.2) is 18.2 Å². The molecular formula is C10H11N3O2. The van der Waals surface area contributed by atoms with E-state index in [9.17, 15) is 4.79 Å². The third-order valence-corrected chi connectivity index (χ3v) is 2.10. The summed E-state index contributed by atoms with van der Waals surface area (Å²) in [6, 6.07) is 5.77. The molecule has 0 saturated heterocycles. The highest BCUT2D eigenvalue weighted by Crippen LogP contribution is 2.10. The molecule has 0 spiro atoms. The molecule has 0 radical (unpaired) electrons. The number of carbonyl (C=O) groups is 1. The van der Waals surface area contributed by atoms with E-state index in [1.54, 1.807) is 0 Å². The second-order valence-electron chi connectivity index (χ2n) is 3.43. The summed E-state index contributed by atoms with van der Waals surface area (Å²) in [4.78, 5) is 11.8. The van der Waals surface area contributed by atoms with E-state index in [2.05, 4.69) is 10.2 Å². The van der Waals surface area contributed by atoms with E-state index >= 15 is 0 Å². The highest BCUT2D eigenvalue weighted by atomic mass is 16.4. The van der Waals surface area contributed by atoms with Crippen LogP contribution in [0.2, 0.25) is 0 Å². The number of hydrogen-bond donors (Lipinski definition) is 1.